The molecule has 4 N–H and O–H groups in total. The largest absolute Gasteiger partial charge is 0.384 e. The van der Waals surface area contributed by atoms with Crippen LogP contribution in [0.5, 0.6) is 0 Å². The van der Waals surface area contributed by atoms with Crippen LogP contribution in [0.4, 0.5) is 0 Å². The summed E-state index contributed by atoms with van der Waals surface area (Å²) in [7, 11) is 0. The standard InChI is InChI=1S/C12H14BrN5OS/c1-2-5-18-11(19)16-17-12(18)20-9-4-3-7(10(14)15)6-8(9)13/h3-4,6H,2,5H2,1H3,(H3,14,15)(H,16,19). The van der Waals surface area contributed by atoms with E-state index in [-0.39, 0.29) is 11.5 Å². The summed E-state index contributed by atoms with van der Waals surface area (Å²) in [5, 5.41) is 14.5. The van der Waals surface area contributed by atoms with Gasteiger partial charge in [0.1, 0.15) is 5.84 Å². The number of benzene rings is 1. The third kappa shape index (κ3) is 3.13. The lowest BCUT2D eigenvalue weighted by atomic mass is 10.2. The lowest BCUT2D eigenvalue weighted by molar-refractivity contribution is 0.604. The number of nitrogens with two attached hydrogens (primary N) is 1. The van der Waals surface area contributed by atoms with E-state index in [2.05, 4.69) is 26.1 Å². The van der Waals surface area contributed by atoms with Gasteiger partial charge in [-0.05, 0) is 46.2 Å². The minimum atomic E-state index is -0.203. The average Bonchev–Trinajstić information content (AvgIpc) is 2.74. The molecule has 1 heterocycles. The Morgan fingerprint density at radius 1 is 1.60 bits per heavy atom. The van der Waals surface area contributed by atoms with E-state index < -0.39 is 0 Å². The van der Waals surface area contributed by atoms with Crippen LogP contribution in [0.15, 0.2) is 37.5 Å². The molecular formula is C12H14BrN5OS. The number of H-pyrrole nitrogens is 1. The fraction of sp³-hybridized carbons (Fsp3) is 0.250. The second-order valence-electron chi connectivity index (χ2n) is 4.12. The zero-order valence-electron chi connectivity index (χ0n) is 10.8. The molecule has 1 aromatic heterocycles. The third-order valence-corrected chi connectivity index (χ3v) is 4.60. The molecule has 0 bridgehead atoms. The summed E-state index contributed by atoms with van der Waals surface area (Å²) in [6, 6.07) is 5.39. The quantitative estimate of drug-likeness (QED) is 0.565. The molecule has 2 rings (SSSR count). The van der Waals surface area contributed by atoms with Crippen molar-refractivity contribution in [2.75, 3.05) is 0 Å². The second-order valence-corrected chi connectivity index (χ2v) is 5.99. The highest BCUT2D eigenvalue weighted by Gasteiger charge is 2.12. The van der Waals surface area contributed by atoms with Crippen molar-refractivity contribution in [2.24, 2.45) is 5.73 Å². The number of nitrogens with zero attached hydrogens (tertiary/aromatic N) is 2. The molecule has 2 aromatic rings. The number of aromatic amines is 1. The van der Waals surface area contributed by atoms with Crippen molar-refractivity contribution >= 4 is 33.5 Å². The summed E-state index contributed by atoms with van der Waals surface area (Å²) in [5.74, 6) is 0.0184. The highest BCUT2D eigenvalue weighted by atomic mass is 79.9. The predicted molar refractivity (Wildman–Crippen MR) is 82.4 cm³/mol. The Kier molecular flexibility index (Phi) is 4.66. The van der Waals surface area contributed by atoms with Crippen LogP contribution in [0.25, 0.3) is 0 Å². The lowest BCUT2D eigenvalue weighted by Crippen LogP contribution is -2.17. The number of aromatic nitrogens is 3. The lowest BCUT2D eigenvalue weighted by Gasteiger charge is -2.07. The Morgan fingerprint density at radius 3 is 2.95 bits per heavy atom. The third-order valence-electron chi connectivity index (χ3n) is 2.61. The SMILES string of the molecule is CCCn1c(Sc2ccc(C(=N)N)cc2Br)n[nH]c1=O. The Bertz CT molecular complexity index is 693. The van der Waals surface area contributed by atoms with Gasteiger partial charge in [-0.25, -0.2) is 9.89 Å². The molecule has 0 saturated carbocycles. The van der Waals surface area contributed by atoms with Crippen LogP contribution >= 0.6 is 27.7 Å². The molecule has 0 aliphatic rings. The van der Waals surface area contributed by atoms with Gasteiger partial charge >= 0.3 is 5.69 Å². The van der Waals surface area contributed by atoms with Crippen molar-refractivity contribution in [2.45, 2.75) is 29.9 Å². The van der Waals surface area contributed by atoms with Crippen LogP contribution in [-0.4, -0.2) is 20.6 Å². The number of nitrogens with one attached hydrogen (secondary N) is 2. The van der Waals surface area contributed by atoms with E-state index in [9.17, 15) is 4.79 Å². The predicted octanol–water partition coefficient (Wildman–Crippen LogP) is 2.18. The Hall–Kier alpha value is -1.54. The number of amidine groups is 1. The van der Waals surface area contributed by atoms with Crippen molar-refractivity contribution in [3.05, 3.63) is 38.7 Å². The first kappa shape index (κ1) is 14.9. The molecule has 0 radical (unpaired) electrons. The fourth-order valence-electron chi connectivity index (χ4n) is 1.65. The first-order chi connectivity index (χ1) is 9.52. The van der Waals surface area contributed by atoms with Gasteiger partial charge in [-0.3, -0.25) is 9.98 Å². The summed E-state index contributed by atoms with van der Waals surface area (Å²) in [4.78, 5) is 12.5. The summed E-state index contributed by atoms with van der Waals surface area (Å²) < 4.78 is 2.42. The van der Waals surface area contributed by atoms with Crippen molar-refractivity contribution in [3.63, 3.8) is 0 Å². The number of nitrogen functional groups attached to an aromatic ring is 1. The molecule has 0 amide bonds. The summed E-state index contributed by atoms with van der Waals surface area (Å²) >= 11 is 4.83. The molecule has 1 aromatic carbocycles. The molecule has 0 saturated heterocycles. The van der Waals surface area contributed by atoms with Gasteiger partial charge in [0, 0.05) is 21.5 Å². The molecule has 6 nitrogen and oxygen atoms in total. The van der Waals surface area contributed by atoms with Crippen LogP contribution in [0.1, 0.15) is 18.9 Å². The smallest absolute Gasteiger partial charge is 0.343 e. The molecule has 0 fully saturated rings. The monoisotopic (exact) mass is 355 g/mol. The van der Waals surface area contributed by atoms with E-state index in [1.807, 2.05) is 13.0 Å². The first-order valence-corrected chi connectivity index (χ1v) is 7.61. The fourth-order valence-corrected chi connectivity index (χ4v) is 3.14. The van der Waals surface area contributed by atoms with Crippen molar-refractivity contribution < 1.29 is 0 Å². The van der Waals surface area contributed by atoms with E-state index in [1.165, 1.54) is 11.8 Å². The highest BCUT2D eigenvalue weighted by Crippen LogP contribution is 2.32. The van der Waals surface area contributed by atoms with Gasteiger partial charge in [0.2, 0.25) is 0 Å². The zero-order chi connectivity index (χ0) is 14.7. The van der Waals surface area contributed by atoms with Crippen LogP contribution in [0.2, 0.25) is 0 Å². The molecule has 8 heteroatoms. The summed E-state index contributed by atoms with van der Waals surface area (Å²) in [5.41, 5.74) is 5.89. The molecule has 0 atom stereocenters. The van der Waals surface area contributed by atoms with Gasteiger partial charge in [-0.1, -0.05) is 13.0 Å². The number of hydrogen-bond acceptors (Lipinski definition) is 4. The minimum Gasteiger partial charge on any atom is -0.384 e. The van der Waals surface area contributed by atoms with Gasteiger partial charge in [-0.2, -0.15) is 0 Å². The molecular weight excluding hydrogens is 342 g/mol. The van der Waals surface area contributed by atoms with Crippen molar-refractivity contribution in [1.29, 1.82) is 5.41 Å². The van der Waals surface area contributed by atoms with Crippen LogP contribution in [-0.2, 0) is 6.54 Å². The van der Waals surface area contributed by atoms with Crippen molar-refractivity contribution in [3.8, 4) is 0 Å². The molecule has 0 spiro atoms. The summed E-state index contributed by atoms with van der Waals surface area (Å²) in [6.07, 6.45) is 0.859. The van der Waals surface area contributed by atoms with Gasteiger partial charge in [0.15, 0.2) is 5.16 Å². The minimum absolute atomic E-state index is 0.0184. The van der Waals surface area contributed by atoms with Gasteiger partial charge in [0.05, 0.1) is 0 Å². The summed E-state index contributed by atoms with van der Waals surface area (Å²) in [6.45, 7) is 2.63. The molecule has 0 aliphatic heterocycles. The van der Waals surface area contributed by atoms with Gasteiger partial charge in [0.25, 0.3) is 0 Å². The van der Waals surface area contributed by atoms with E-state index in [0.717, 1.165) is 15.8 Å². The molecule has 20 heavy (non-hydrogen) atoms. The number of halogens is 1. The van der Waals surface area contributed by atoms with Gasteiger partial charge in [-0.15, -0.1) is 5.10 Å². The van der Waals surface area contributed by atoms with E-state index in [4.69, 9.17) is 11.1 Å². The molecule has 0 unspecified atom stereocenters. The number of rotatable bonds is 5. The van der Waals surface area contributed by atoms with Gasteiger partial charge < -0.3 is 5.73 Å². The first-order valence-electron chi connectivity index (χ1n) is 6.00. The second kappa shape index (κ2) is 6.27. The maximum atomic E-state index is 11.6. The molecule has 0 aliphatic carbocycles. The van der Waals surface area contributed by atoms with E-state index in [0.29, 0.717) is 17.3 Å². The Labute approximate surface area is 128 Å². The van der Waals surface area contributed by atoms with Crippen LogP contribution < -0.4 is 11.4 Å². The normalized spacial score (nSPS) is 10.7. The molecule has 106 valence electrons. The van der Waals surface area contributed by atoms with Crippen LogP contribution in [0.3, 0.4) is 0 Å². The zero-order valence-corrected chi connectivity index (χ0v) is 13.2. The Balaban J connectivity index is 2.31. The number of hydrogen-bond donors (Lipinski definition) is 3. The van der Waals surface area contributed by atoms with Crippen LogP contribution in [0, 0.1) is 5.41 Å². The Morgan fingerprint density at radius 2 is 2.35 bits per heavy atom. The maximum absolute atomic E-state index is 11.6. The maximum Gasteiger partial charge on any atom is 0.343 e. The average molecular weight is 356 g/mol. The van der Waals surface area contributed by atoms with E-state index >= 15 is 0 Å². The van der Waals surface area contributed by atoms with E-state index in [1.54, 1.807) is 16.7 Å². The topological polar surface area (TPSA) is 101 Å². The highest BCUT2D eigenvalue weighted by molar-refractivity contribution is 9.10. The van der Waals surface area contributed by atoms with Crippen molar-refractivity contribution in [1.82, 2.24) is 14.8 Å².